The number of rotatable bonds is 4. The first kappa shape index (κ1) is 28.0. The van der Waals surface area contributed by atoms with Crippen molar-refractivity contribution in [3.63, 3.8) is 0 Å². The summed E-state index contributed by atoms with van der Waals surface area (Å²) in [5.74, 6) is 0. The summed E-state index contributed by atoms with van der Waals surface area (Å²) in [4.78, 5) is 0. The van der Waals surface area contributed by atoms with Crippen LogP contribution in [0.4, 0.5) is 0 Å². The number of fused-ring (bicyclic) bond motifs is 9. The van der Waals surface area contributed by atoms with Gasteiger partial charge < -0.3 is 13.7 Å². The number of benzene rings is 8. The Labute approximate surface area is 294 Å². The summed E-state index contributed by atoms with van der Waals surface area (Å²) in [6, 6.07) is 68.4. The molecule has 0 saturated heterocycles. The van der Waals surface area contributed by atoms with E-state index in [4.69, 9.17) is 0 Å². The number of para-hydroxylation sites is 4. The van der Waals surface area contributed by atoms with Crippen molar-refractivity contribution in [2.45, 2.75) is 0 Å². The fraction of sp³-hybridized carbons (Fsp3) is 0. The molecule has 3 heteroatoms. The molecule has 11 aromatic rings. The van der Waals surface area contributed by atoms with E-state index in [1.54, 1.807) is 0 Å². The molecule has 3 nitrogen and oxygen atoms in total. The maximum atomic E-state index is 2.47. The minimum atomic E-state index is 1.15. The molecule has 0 radical (unpaired) electrons. The second kappa shape index (κ2) is 10.8. The first-order chi connectivity index (χ1) is 25.3. The molecule has 238 valence electrons. The van der Waals surface area contributed by atoms with E-state index < -0.39 is 0 Å². The summed E-state index contributed by atoms with van der Waals surface area (Å²) < 4.78 is 7.29. The zero-order valence-corrected chi connectivity index (χ0v) is 27.7. The van der Waals surface area contributed by atoms with E-state index in [2.05, 4.69) is 202 Å². The van der Waals surface area contributed by atoms with Gasteiger partial charge in [0, 0.05) is 43.7 Å². The molecule has 0 unspecified atom stereocenters. The third-order valence-electron chi connectivity index (χ3n) is 10.6. The smallest absolute Gasteiger partial charge is 0.0562 e. The molecule has 0 spiro atoms. The van der Waals surface area contributed by atoms with Crippen molar-refractivity contribution in [2.24, 2.45) is 0 Å². The summed E-state index contributed by atoms with van der Waals surface area (Å²) in [6.45, 7) is 0. The lowest BCUT2D eigenvalue weighted by molar-refractivity contribution is 1.16. The van der Waals surface area contributed by atoms with Gasteiger partial charge in [-0.25, -0.2) is 0 Å². The summed E-state index contributed by atoms with van der Waals surface area (Å²) in [6.07, 6.45) is 0. The molecule has 0 aliphatic heterocycles. The third-order valence-corrected chi connectivity index (χ3v) is 10.6. The van der Waals surface area contributed by atoms with Gasteiger partial charge in [0.25, 0.3) is 0 Å². The van der Waals surface area contributed by atoms with Crippen LogP contribution >= 0.6 is 0 Å². The zero-order chi connectivity index (χ0) is 33.5. The first-order valence-electron chi connectivity index (χ1n) is 17.5. The van der Waals surface area contributed by atoms with Crippen LogP contribution in [0.15, 0.2) is 188 Å². The third kappa shape index (κ3) is 4.06. The summed E-state index contributed by atoms with van der Waals surface area (Å²) in [5, 5.41) is 7.49. The molecule has 0 aliphatic rings. The van der Waals surface area contributed by atoms with Gasteiger partial charge in [-0.1, -0.05) is 115 Å². The summed E-state index contributed by atoms with van der Waals surface area (Å²) in [5.41, 5.74) is 13.2. The van der Waals surface area contributed by atoms with E-state index in [1.165, 1.54) is 87.9 Å². The molecular weight excluding hydrogens is 619 g/mol. The summed E-state index contributed by atoms with van der Waals surface area (Å²) >= 11 is 0. The van der Waals surface area contributed by atoms with Crippen molar-refractivity contribution >= 4 is 65.4 Å². The largest absolute Gasteiger partial charge is 0.309 e. The highest BCUT2D eigenvalue weighted by Gasteiger charge is 2.21. The predicted molar refractivity (Wildman–Crippen MR) is 215 cm³/mol. The second-order valence-corrected chi connectivity index (χ2v) is 13.4. The molecule has 51 heavy (non-hydrogen) atoms. The van der Waals surface area contributed by atoms with Crippen molar-refractivity contribution in [1.82, 2.24) is 13.7 Å². The Bertz CT molecular complexity index is 3120. The van der Waals surface area contributed by atoms with Gasteiger partial charge in [-0.05, 0) is 83.9 Å². The monoisotopic (exact) mass is 649 g/mol. The van der Waals surface area contributed by atoms with E-state index in [9.17, 15) is 0 Å². The molecular formula is C48H31N3. The fourth-order valence-electron chi connectivity index (χ4n) is 8.46. The quantitative estimate of drug-likeness (QED) is 0.180. The normalized spacial score (nSPS) is 11.9. The van der Waals surface area contributed by atoms with Crippen LogP contribution in [-0.2, 0) is 0 Å². The molecule has 0 N–H and O–H groups in total. The van der Waals surface area contributed by atoms with Crippen LogP contribution in [0.3, 0.4) is 0 Å². The van der Waals surface area contributed by atoms with Gasteiger partial charge >= 0.3 is 0 Å². The number of aromatic nitrogens is 3. The van der Waals surface area contributed by atoms with E-state index in [0.29, 0.717) is 0 Å². The van der Waals surface area contributed by atoms with Gasteiger partial charge in [-0.2, -0.15) is 0 Å². The zero-order valence-electron chi connectivity index (χ0n) is 27.7. The lowest BCUT2D eigenvalue weighted by Gasteiger charge is -2.12. The molecule has 0 aliphatic carbocycles. The van der Waals surface area contributed by atoms with E-state index in [1.807, 2.05) is 0 Å². The Morgan fingerprint density at radius 1 is 0.255 bits per heavy atom. The highest BCUT2D eigenvalue weighted by Crippen LogP contribution is 2.42. The van der Waals surface area contributed by atoms with Crippen molar-refractivity contribution in [3.05, 3.63) is 188 Å². The highest BCUT2D eigenvalue weighted by atomic mass is 15.0. The minimum Gasteiger partial charge on any atom is -0.309 e. The van der Waals surface area contributed by atoms with Crippen LogP contribution in [0.1, 0.15) is 0 Å². The van der Waals surface area contributed by atoms with Gasteiger partial charge in [-0.3, -0.25) is 0 Å². The number of nitrogens with zero attached hydrogens (tertiary/aromatic N) is 3. The van der Waals surface area contributed by atoms with Crippen molar-refractivity contribution in [1.29, 1.82) is 0 Å². The Morgan fingerprint density at radius 2 is 0.765 bits per heavy atom. The first-order valence-corrected chi connectivity index (χ1v) is 17.5. The molecule has 0 atom stereocenters. The van der Waals surface area contributed by atoms with Crippen LogP contribution in [0.25, 0.3) is 93.6 Å². The molecule has 3 heterocycles. The molecule has 0 saturated carbocycles. The van der Waals surface area contributed by atoms with Crippen LogP contribution < -0.4 is 0 Å². The SMILES string of the molecule is c1ccc(-c2ccc3c(c2)c2ccccc2n3-c2cccc3c2c2ccccc2n3-c2ccc3c(c2)c2ccccc2n3-c2ccccc2)cc1. The van der Waals surface area contributed by atoms with Gasteiger partial charge in [0.1, 0.15) is 0 Å². The van der Waals surface area contributed by atoms with Crippen LogP contribution in [0, 0.1) is 0 Å². The van der Waals surface area contributed by atoms with Crippen LogP contribution in [0.2, 0.25) is 0 Å². The van der Waals surface area contributed by atoms with Crippen molar-refractivity contribution in [2.75, 3.05) is 0 Å². The minimum absolute atomic E-state index is 1.15. The molecule has 11 rings (SSSR count). The van der Waals surface area contributed by atoms with Crippen LogP contribution in [-0.4, -0.2) is 13.7 Å². The molecule has 8 aromatic carbocycles. The van der Waals surface area contributed by atoms with E-state index in [-0.39, 0.29) is 0 Å². The molecule has 0 amide bonds. The number of hydrogen-bond donors (Lipinski definition) is 0. The Morgan fingerprint density at radius 3 is 1.51 bits per heavy atom. The van der Waals surface area contributed by atoms with E-state index in [0.717, 1.165) is 5.69 Å². The molecule has 0 fully saturated rings. The van der Waals surface area contributed by atoms with Crippen molar-refractivity contribution < 1.29 is 0 Å². The van der Waals surface area contributed by atoms with Gasteiger partial charge in [-0.15, -0.1) is 0 Å². The molecule has 3 aromatic heterocycles. The Hall–Kier alpha value is -6.84. The van der Waals surface area contributed by atoms with Crippen molar-refractivity contribution in [3.8, 4) is 28.2 Å². The Kier molecular flexibility index (Phi) is 5.96. The lowest BCUT2D eigenvalue weighted by Crippen LogP contribution is -1.97. The van der Waals surface area contributed by atoms with Crippen LogP contribution in [0.5, 0.6) is 0 Å². The van der Waals surface area contributed by atoms with E-state index >= 15 is 0 Å². The average Bonchev–Trinajstić information content (AvgIpc) is 3.84. The van der Waals surface area contributed by atoms with Gasteiger partial charge in [0.2, 0.25) is 0 Å². The predicted octanol–water partition coefficient (Wildman–Crippen LogP) is 12.6. The molecule has 0 bridgehead atoms. The average molecular weight is 650 g/mol. The highest BCUT2D eigenvalue weighted by molar-refractivity contribution is 6.17. The lowest BCUT2D eigenvalue weighted by atomic mass is 10.0. The summed E-state index contributed by atoms with van der Waals surface area (Å²) in [7, 11) is 0. The second-order valence-electron chi connectivity index (χ2n) is 13.4. The maximum Gasteiger partial charge on any atom is 0.0562 e. The standard InChI is InChI=1S/C48H31N3/c1-3-14-32(15-4-1)33-26-28-45-39(30-33)36-18-8-11-22-42(36)51(45)47-25-13-24-46-48(47)38-20-9-12-23-43(38)50(46)35-27-29-44-40(31-35)37-19-7-10-21-41(37)49(44)34-16-5-2-6-17-34/h1-31H. The van der Waals surface area contributed by atoms with Gasteiger partial charge in [0.15, 0.2) is 0 Å². The van der Waals surface area contributed by atoms with Gasteiger partial charge in [0.05, 0.1) is 38.8 Å². The maximum absolute atomic E-state index is 2.47. The topological polar surface area (TPSA) is 14.8 Å². The number of hydrogen-bond acceptors (Lipinski definition) is 0. The Balaban J connectivity index is 1.19. The fourth-order valence-corrected chi connectivity index (χ4v) is 8.46.